The van der Waals surface area contributed by atoms with Crippen molar-refractivity contribution in [2.24, 2.45) is 0 Å². The molecule has 1 aliphatic rings. The highest BCUT2D eigenvalue weighted by Gasteiger charge is 2.24. The number of carbonyl (C=O) groups is 1. The third-order valence-corrected chi connectivity index (χ3v) is 5.56. The summed E-state index contributed by atoms with van der Waals surface area (Å²) in [5.74, 6) is 1.71. The lowest BCUT2D eigenvalue weighted by atomic mass is 10.1. The molecule has 6 nitrogen and oxygen atoms in total. The fourth-order valence-corrected chi connectivity index (χ4v) is 3.60. The Labute approximate surface area is 177 Å². The Morgan fingerprint density at radius 2 is 1.53 bits per heavy atom. The van der Waals surface area contributed by atoms with Gasteiger partial charge in [-0.1, -0.05) is 48.0 Å². The second kappa shape index (κ2) is 8.53. The second-order valence-corrected chi connectivity index (χ2v) is 7.72. The Balaban J connectivity index is 1.47. The highest BCUT2D eigenvalue weighted by atomic mass is 16.2. The first-order valence-corrected chi connectivity index (χ1v) is 10.3. The molecule has 2 aromatic carbocycles. The summed E-state index contributed by atoms with van der Waals surface area (Å²) in [5.41, 5.74) is 5.13. The quantitative estimate of drug-likeness (QED) is 0.706. The Morgan fingerprint density at radius 3 is 2.20 bits per heavy atom. The number of anilines is 2. The van der Waals surface area contributed by atoms with Gasteiger partial charge in [0, 0.05) is 48.7 Å². The molecule has 1 N–H and O–H groups in total. The van der Waals surface area contributed by atoms with Crippen LogP contribution in [0.1, 0.15) is 16.8 Å². The SMILES string of the molecule is Cc1ccc(-c2nc(C)c(C)c(N3CCN(C(=O)Nc4ccccc4)CC3)n2)cc1. The summed E-state index contributed by atoms with van der Waals surface area (Å²) < 4.78 is 0. The van der Waals surface area contributed by atoms with Crippen molar-refractivity contribution >= 4 is 17.5 Å². The zero-order chi connectivity index (χ0) is 21.1. The maximum Gasteiger partial charge on any atom is 0.321 e. The fraction of sp³-hybridized carbons (Fsp3) is 0.292. The van der Waals surface area contributed by atoms with Gasteiger partial charge in [-0.15, -0.1) is 0 Å². The predicted molar refractivity (Wildman–Crippen MR) is 121 cm³/mol. The van der Waals surface area contributed by atoms with E-state index in [2.05, 4.69) is 48.3 Å². The molecule has 0 spiro atoms. The average molecular weight is 402 g/mol. The number of aromatic nitrogens is 2. The van der Waals surface area contributed by atoms with E-state index >= 15 is 0 Å². The van der Waals surface area contributed by atoms with Gasteiger partial charge in [0.05, 0.1) is 0 Å². The standard InChI is InChI=1S/C24H27N5O/c1-17-9-11-20(12-10-17)22-25-19(3)18(2)23(27-22)28-13-15-29(16-14-28)24(30)26-21-7-5-4-6-8-21/h4-12H,13-16H2,1-3H3,(H,26,30). The molecule has 154 valence electrons. The van der Waals surface area contributed by atoms with E-state index in [-0.39, 0.29) is 6.03 Å². The molecule has 2 heterocycles. The van der Waals surface area contributed by atoms with Crippen LogP contribution in [0.3, 0.4) is 0 Å². The third-order valence-electron chi connectivity index (χ3n) is 5.56. The highest BCUT2D eigenvalue weighted by Crippen LogP contribution is 2.25. The summed E-state index contributed by atoms with van der Waals surface area (Å²) in [6, 6.07) is 17.8. The van der Waals surface area contributed by atoms with Gasteiger partial charge < -0.3 is 15.1 Å². The normalized spacial score (nSPS) is 14.0. The van der Waals surface area contributed by atoms with Crippen LogP contribution in [0.4, 0.5) is 16.3 Å². The van der Waals surface area contributed by atoms with Gasteiger partial charge in [0.1, 0.15) is 5.82 Å². The molecular formula is C24H27N5O. The van der Waals surface area contributed by atoms with Crippen molar-refractivity contribution in [3.05, 3.63) is 71.4 Å². The van der Waals surface area contributed by atoms with Gasteiger partial charge in [0.15, 0.2) is 5.82 Å². The topological polar surface area (TPSA) is 61.4 Å². The van der Waals surface area contributed by atoms with E-state index in [4.69, 9.17) is 9.97 Å². The number of benzene rings is 2. The molecule has 1 fully saturated rings. The smallest absolute Gasteiger partial charge is 0.321 e. The Bertz CT molecular complexity index is 1030. The number of carbonyl (C=O) groups excluding carboxylic acids is 1. The van der Waals surface area contributed by atoms with Crippen LogP contribution >= 0.6 is 0 Å². The first-order valence-electron chi connectivity index (χ1n) is 10.3. The van der Waals surface area contributed by atoms with Crippen LogP contribution in [-0.4, -0.2) is 47.1 Å². The van der Waals surface area contributed by atoms with Gasteiger partial charge >= 0.3 is 6.03 Å². The summed E-state index contributed by atoms with van der Waals surface area (Å²) in [6.07, 6.45) is 0. The van der Waals surface area contributed by atoms with E-state index in [0.29, 0.717) is 13.1 Å². The minimum absolute atomic E-state index is 0.0585. The lowest BCUT2D eigenvalue weighted by Crippen LogP contribution is -2.50. The molecular weight excluding hydrogens is 374 g/mol. The van der Waals surface area contributed by atoms with Crippen LogP contribution in [-0.2, 0) is 0 Å². The Morgan fingerprint density at radius 1 is 0.867 bits per heavy atom. The van der Waals surface area contributed by atoms with Crippen molar-refractivity contribution in [2.45, 2.75) is 20.8 Å². The maximum absolute atomic E-state index is 12.6. The number of rotatable bonds is 3. The molecule has 1 aliphatic heterocycles. The molecule has 0 atom stereocenters. The van der Waals surface area contributed by atoms with Crippen LogP contribution < -0.4 is 10.2 Å². The number of aryl methyl sites for hydroxylation is 2. The van der Waals surface area contributed by atoms with Gasteiger partial charge in [-0.25, -0.2) is 14.8 Å². The molecule has 4 rings (SSSR count). The van der Waals surface area contributed by atoms with Crippen molar-refractivity contribution in [3.63, 3.8) is 0 Å². The molecule has 2 amide bonds. The number of amides is 2. The van der Waals surface area contributed by atoms with Crippen LogP contribution in [0.5, 0.6) is 0 Å². The molecule has 0 aliphatic carbocycles. The number of nitrogens with zero attached hydrogens (tertiary/aromatic N) is 4. The van der Waals surface area contributed by atoms with Crippen LogP contribution in [0.15, 0.2) is 54.6 Å². The predicted octanol–water partition coefficient (Wildman–Crippen LogP) is 4.42. The number of piperazine rings is 1. The van der Waals surface area contributed by atoms with Gasteiger partial charge in [-0.3, -0.25) is 0 Å². The van der Waals surface area contributed by atoms with Crippen molar-refractivity contribution in [1.29, 1.82) is 0 Å². The molecule has 6 heteroatoms. The molecule has 30 heavy (non-hydrogen) atoms. The number of urea groups is 1. The number of nitrogens with one attached hydrogen (secondary N) is 1. The van der Waals surface area contributed by atoms with E-state index in [9.17, 15) is 4.79 Å². The minimum Gasteiger partial charge on any atom is -0.353 e. The van der Waals surface area contributed by atoms with E-state index < -0.39 is 0 Å². The molecule has 0 saturated carbocycles. The molecule has 0 unspecified atom stereocenters. The van der Waals surface area contributed by atoms with E-state index in [1.54, 1.807) is 0 Å². The lowest BCUT2D eigenvalue weighted by Gasteiger charge is -2.36. The summed E-state index contributed by atoms with van der Waals surface area (Å²) in [6.45, 7) is 8.96. The molecule has 3 aromatic rings. The summed E-state index contributed by atoms with van der Waals surface area (Å²) in [4.78, 5) is 26.3. The summed E-state index contributed by atoms with van der Waals surface area (Å²) in [7, 11) is 0. The lowest BCUT2D eigenvalue weighted by molar-refractivity contribution is 0.208. The first kappa shape index (κ1) is 19.9. The van der Waals surface area contributed by atoms with E-state index in [1.165, 1.54) is 5.56 Å². The molecule has 0 radical (unpaired) electrons. The summed E-state index contributed by atoms with van der Waals surface area (Å²) >= 11 is 0. The van der Waals surface area contributed by atoms with Gasteiger partial charge in [-0.05, 0) is 32.9 Å². The van der Waals surface area contributed by atoms with Gasteiger partial charge in [-0.2, -0.15) is 0 Å². The van der Waals surface area contributed by atoms with Crippen molar-refractivity contribution in [1.82, 2.24) is 14.9 Å². The maximum atomic E-state index is 12.6. The molecule has 1 aromatic heterocycles. The fourth-order valence-electron chi connectivity index (χ4n) is 3.60. The first-order chi connectivity index (χ1) is 14.5. The van der Waals surface area contributed by atoms with E-state index in [0.717, 1.165) is 47.2 Å². The third kappa shape index (κ3) is 4.27. The van der Waals surface area contributed by atoms with Crippen molar-refractivity contribution < 1.29 is 4.79 Å². The Hall–Kier alpha value is -3.41. The number of para-hydroxylation sites is 1. The van der Waals surface area contributed by atoms with Crippen molar-refractivity contribution in [3.8, 4) is 11.4 Å². The van der Waals surface area contributed by atoms with Crippen LogP contribution in [0.25, 0.3) is 11.4 Å². The van der Waals surface area contributed by atoms with Crippen molar-refractivity contribution in [2.75, 3.05) is 36.4 Å². The average Bonchev–Trinajstić information content (AvgIpc) is 2.77. The molecule has 0 bridgehead atoms. The molecule has 1 saturated heterocycles. The van der Waals surface area contributed by atoms with Crippen LogP contribution in [0, 0.1) is 20.8 Å². The largest absolute Gasteiger partial charge is 0.353 e. The van der Waals surface area contributed by atoms with Gasteiger partial charge in [0.2, 0.25) is 0 Å². The zero-order valence-corrected chi connectivity index (χ0v) is 17.7. The number of hydrogen-bond acceptors (Lipinski definition) is 4. The number of hydrogen-bond donors (Lipinski definition) is 1. The monoisotopic (exact) mass is 401 g/mol. The zero-order valence-electron chi connectivity index (χ0n) is 17.7. The second-order valence-electron chi connectivity index (χ2n) is 7.72. The van der Waals surface area contributed by atoms with Gasteiger partial charge in [0.25, 0.3) is 0 Å². The Kier molecular flexibility index (Phi) is 5.65. The summed E-state index contributed by atoms with van der Waals surface area (Å²) in [5, 5.41) is 2.96. The highest BCUT2D eigenvalue weighted by molar-refractivity contribution is 5.89. The van der Waals surface area contributed by atoms with E-state index in [1.807, 2.05) is 42.2 Å². The minimum atomic E-state index is -0.0585. The van der Waals surface area contributed by atoms with Crippen LogP contribution in [0.2, 0.25) is 0 Å².